The summed E-state index contributed by atoms with van der Waals surface area (Å²) in [5.41, 5.74) is 0.255. The van der Waals surface area contributed by atoms with Gasteiger partial charge in [0.05, 0.1) is 19.8 Å². The lowest BCUT2D eigenvalue weighted by Crippen LogP contribution is -2.46. The average molecular weight is 306 g/mol. The third-order valence-electron chi connectivity index (χ3n) is 3.69. The van der Waals surface area contributed by atoms with Crippen molar-refractivity contribution in [2.24, 2.45) is 5.41 Å². The molecule has 2 fully saturated rings. The van der Waals surface area contributed by atoms with E-state index in [1.54, 1.807) is 0 Å². The number of amides is 1. The van der Waals surface area contributed by atoms with Gasteiger partial charge in [0.2, 0.25) is 0 Å². The number of ether oxygens (including phenoxy) is 2. The molecule has 98 valence electrons. The zero-order valence-corrected chi connectivity index (χ0v) is 11.6. The Labute approximate surface area is 111 Å². The summed E-state index contributed by atoms with van der Waals surface area (Å²) in [4.78, 5) is 11.9. The van der Waals surface area contributed by atoms with Crippen LogP contribution < -0.4 is 5.32 Å². The molecule has 1 aliphatic heterocycles. The van der Waals surface area contributed by atoms with Crippen LogP contribution in [0.25, 0.3) is 0 Å². The van der Waals surface area contributed by atoms with E-state index in [1.165, 1.54) is 25.7 Å². The SMILES string of the molecule is O=C(NCC1(CBr)CCCC1)C1COCCO1. The Morgan fingerprint density at radius 1 is 1.35 bits per heavy atom. The molecular formula is C12H20BrNO3. The van der Waals surface area contributed by atoms with Crippen molar-refractivity contribution < 1.29 is 14.3 Å². The summed E-state index contributed by atoms with van der Waals surface area (Å²) >= 11 is 3.57. The van der Waals surface area contributed by atoms with Crippen molar-refractivity contribution in [2.75, 3.05) is 31.7 Å². The third kappa shape index (κ3) is 3.42. The van der Waals surface area contributed by atoms with Crippen LogP contribution in [0.3, 0.4) is 0 Å². The summed E-state index contributed by atoms with van der Waals surface area (Å²) in [5.74, 6) is -0.0306. The third-order valence-corrected chi connectivity index (χ3v) is 4.88. The Morgan fingerprint density at radius 2 is 2.12 bits per heavy atom. The number of rotatable bonds is 4. The molecule has 0 aromatic carbocycles. The summed E-state index contributed by atoms with van der Waals surface area (Å²) in [6.45, 7) is 2.24. The van der Waals surface area contributed by atoms with Crippen molar-refractivity contribution in [3.63, 3.8) is 0 Å². The minimum absolute atomic E-state index is 0.0306. The van der Waals surface area contributed by atoms with E-state index in [4.69, 9.17) is 9.47 Å². The van der Waals surface area contributed by atoms with Gasteiger partial charge < -0.3 is 14.8 Å². The predicted molar refractivity (Wildman–Crippen MR) is 68.3 cm³/mol. The fourth-order valence-electron chi connectivity index (χ4n) is 2.51. The van der Waals surface area contributed by atoms with Crippen LogP contribution in [0.1, 0.15) is 25.7 Å². The molecule has 0 radical (unpaired) electrons. The number of carbonyl (C=O) groups excluding carboxylic acids is 1. The van der Waals surface area contributed by atoms with Crippen LogP contribution in [0.5, 0.6) is 0 Å². The first-order chi connectivity index (χ1) is 8.26. The normalized spacial score (nSPS) is 27.9. The lowest BCUT2D eigenvalue weighted by molar-refractivity contribution is -0.147. The molecule has 4 nitrogen and oxygen atoms in total. The zero-order chi connectivity index (χ0) is 12.1. The second-order valence-corrected chi connectivity index (χ2v) is 5.55. The molecule has 1 atom stereocenters. The molecule has 2 aliphatic rings. The van der Waals surface area contributed by atoms with Gasteiger partial charge in [0.25, 0.3) is 5.91 Å². The molecular weight excluding hydrogens is 286 g/mol. The number of alkyl halides is 1. The Morgan fingerprint density at radius 3 is 2.71 bits per heavy atom. The van der Waals surface area contributed by atoms with Crippen LogP contribution >= 0.6 is 15.9 Å². The van der Waals surface area contributed by atoms with Crippen molar-refractivity contribution in [1.29, 1.82) is 0 Å². The van der Waals surface area contributed by atoms with Crippen LogP contribution in [-0.4, -0.2) is 43.7 Å². The molecule has 0 bridgehead atoms. The summed E-state index contributed by atoms with van der Waals surface area (Å²) in [6, 6.07) is 0. The van der Waals surface area contributed by atoms with Crippen LogP contribution in [0.4, 0.5) is 0 Å². The maximum atomic E-state index is 11.9. The number of carbonyl (C=O) groups is 1. The number of hydrogen-bond donors (Lipinski definition) is 1. The standard InChI is InChI=1S/C12H20BrNO3/c13-8-12(3-1-2-4-12)9-14-11(15)10-7-16-5-6-17-10/h10H,1-9H2,(H,14,15). The smallest absolute Gasteiger partial charge is 0.251 e. The lowest BCUT2D eigenvalue weighted by atomic mass is 9.89. The monoisotopic (exact) mass is 305 g/mol. The van der Waals surface area contributed by atoms with Crippen LogP contribution in [-0.2, 0) is 14.3 Å². The quantitative estimate of drug-likeness (QED) is 0.800. The van der Waals surface area contributed by atoms with Gasteiger partial charge in [-0.3, -0.25) is 4.79 Å². The van der Waals surface area contributed by atoms with E-state index in [-0.39, 0.29) is 11.3 Å². The molecule has 0 aromatic heterocycles. The summed E-state index contributed by atoms with van der Waals surface area (Å²) in [6.07, 6.45) is 4.51. The highest BCUT2D eigenvalue weighted by Gasteiger charge is 2.34. The largest absolute Gasteiger partial charge is 0.376 e. The number of hydrogen-bond acceptors (Lipinski definition) is 3. The topological polar surface area (TPSA) is 47.6 Å². The summed E-state index contributed by atoms with van der Waals surface area (Å²) < 4.78 is 10.6. The van der Waals surface area contributed by atoms with E-state index in [2.05, 4.69) is 21.2 Å². The Kier molecular flexibility index (Phi) is 4.82. The first-order valence-corrected chi connectivity index (χ1v) is 7.41. The second kappa shape index (κ2) is 6.16. The molecule has 1 unspecified atom stereocenters. The van der Waals surface area contributed by atoms with Crippen molar-refractivity contribution in [1.82, 2.24) is 5.32 Å². The highest BCUT2D eigenvalue weighted by molar-refractivity contribution is 9.09. The van der Waals surface area contributed by atoms with E-state index in [9.17, 15) is 4.79 Å². The van der Waals surface area contributed by atoms with Gasteiger partial charge >= 0.3 is 0 Å². The molecule has 5 heteroatoms. The summed E-state index contributed by atoms with van der Waals surface area (Å²) in [5, 5.41) is 3.97. The van der Waals surface area contributed by atoms with Gasteiger partial charge in [-0.05, 0) is 18.3 Å². The van der Waals surface area contributed by atoms with E-state index in [0.717, 1.165) is 11.9 Å². The highest BCUT2D eigenvalue weighted by Crippen LogP contribution is 2.38. The van der Waals surface area contributed by atoms with Gasteiger partial charge in [0.15, 0.2) is 6.10 Å². The van der Waals surface area contributed by atoms with Gasteiger partial charge in [-0.1, -0.05) is 28.8 Å². The van der Waals surface area contributed by atoms with Gasteiger partial charge in [0.1, 0.15) is 0 Å². The maximum absolute atomic E-state index is 11.9. The minimum Gasteiger partial charge on any atom is -0.376 e. The molecule has 17 heavy (non-hydrogen) atoms. The number of halogens is 1. The molecule has 1 aliphatic carbocycles. The van der Waals surface area contributed by atoms with Crippen molar-refractivity contribution in [2.45, 2.75) is 31.8 Å². The van der Waals surface area contributed by atoms with E-state index >= 15 is 0 Å². The predicted octanol–water partition coefficient (Wildman–Crippen LogP) is 1.47. The van der Waals surface area contributed by atoms with Crippen molar-refractivity contribution in [3.8, 4) is 0 Å². The van der Waals surface area contributed by atoms with Crippen LogP contribution in [0.15, 0.2) is 0 Å². The van der Waals surface area contributed by atoms with Gasteiger partial charge in [-0.25, -0.2) is 0 Å². The van der Waals surface area contributed by atoms with E-state index in [0.29, 0.717) is 19.8 Å². The van der Waals surface area contributed by atoms with Crippen LogP contribution in [0.2, 0.25) is 0 Å². The Hall–Kier alpha value is -0.130. The average Bonchev–Trinajstić information content (AvgIpc) is 2.86. The van der Waals surface area contributed by atoms with Gasteiger partial charge in [-0.15, -0.1) is 0 Å². The Balaban J connectivity index is 1.78. The van der Waals surface area contributed by atoms with Crippen LogP contribution in [0, 0.1) is 5.41 Å². The highest BCUT2D eigenvalue weighted by atomic mass is 79.9. The zero-order valence-electron chi connectivity index (χ0n) is 10.0. The first kappa shape index (κ1) is 13.3. The Bertz CT molecular complexity index is 260. The van der Waals surface area contributed by atoms with E-state index < -0.39 is 6.10 Å². The van der Waals surface area contributed by atoms with Gasteiger partial charge in [0, 0.05) is 11.9 Å². The second-order valence-electron chi connectivity index (χ2n) is 4.99. The van der Waals surface area contributed by atoms with E-state index in [1.807, 2.05) is 0 Å². The lowest BCUT2D eigenvalue weighted by Gasteiger charge is -2.28. The first-order valence-electron chi connectivity index (χ1n) is 6.29. The summed E-state index contributed by atoms with van der Waals surface area (Å²) in [7, 11) is 0. The fraction of sp³-hybridized carbons (Fsp3) is 0.917. The molecule has 0 aromatic rings. The molecule has 1 amide bonds. The minimum atomic E-state index is -0.419. The van der Waals surface area contributed by atoms with Crippen molar-refractivity contribution >= 4 is 21.8 Å². The molecule has 1 saturated carbocycles. The molecule has 1 heterocycles. The fourth-order valence-corrected chi connectivity index (χ4v) is 3.27. The van der Waals surface area contributed by atoms with Gasteiger partial charge in [-0.2, -0.15) is 0 Å². The molecule has 2 rings (SSSR count). The van der Waals surface area contributed by atoms with Crippen molar-refractivity contribution in [3.05, 3.63) is 0 Å². The molecule has 0 spiro atoms. The maximum Gasteiger partial charge on any atom is 0.251 e. The molecule has 1 saturated heterocycles. The molecule has 1 N–H and O–H groups in total. The number of nitrogens with one attached hydrogen (secondary N) is 1.